The minimum atomic E-state index is 0.707. The second-order valence-corrected chi connectivity index (χ2v) is 3.46. The van der Waals surface area contributed by atoms with Crippen LogP contribution < -0.4 is 0 Å². The minimum Gasteiger partial charge on any atom is -0.323 e. The minimum absolute atomic E-state index is 0.707. The maximum Gasteiger partial charge on any atom is 0.104 e. The van der Waals surface area contributed by atoms with Gasteiger partial charge in [-0.15, -0.1) is 0 Å². The molecule has 0 N–H and O–H groups in total. The molecular weight excluding hydrogens is 110 g/mol. The number of rotatable bonds is 0. The fraction of sp³-hybridized carbons (Fsp3) is 0.750. The van der Waals surface area contributed by atoms with E-state index < -0.39 is 0 Å². The molecule has 0 saturated heterocycles. The third-order valence-corrected chi connectivity index (χ3v) is 2.39. The molecule has 9 heavy (non-hydrogen) atoms. The van der Waals surface area contributed by atoms with E-state index in [1.807, 2.05) is 0 Å². The largest absolute Gasteiger partial charge is 0.323 e. The van der Waals surface area contributed by atoms with Crippen LogP contribution in [0.15, 0.2) is 12.2 Å². The van der Waals surface area contributed by atoms with Crippen molar-refractivity contribution >= 4 is 0 Å². The molecule has 0 aromatic heterocycles. The first-order valence-corrected chi connectivity index (χ1v) is 3.62. The first kappa shape index (κ1) is 6.81. The van der Waals surface area contributed by atoms with Crippen LogP contribution in [0.1, 0.15) is 13.3 Å². The molecule has 0 radical (unpaired) electrons. The Morgan fingerprint density at radius 3 is 2.44 bits per heavy atom. The zero-order valence-electron chi connectivity index (χ0n) is 6.59. The Hall–Kier alpha value is -0.300. The summed E-state index contributed by atoms with van der Waals surface area (Å²) in [6, 6.07) is 0.707. The number of quaternary nitrogens is 1. The van der Waals surface area contributed by atoms with Gasteiger partial charge >= 0.3 is 0 Å². The zero-order chi connectivity index (χ0) is 6.91. The van der Waals surface area contributed by atoms with Gasteiger partial charge in [-0.3, -0.25) is 0 Å². The molecule has 1 heterocycles. The summed E-state index contributed by atoms with van der Waals surface area (Å²) in [7, 11) is 4.57. The zero-order valence-corrected chi connectivity index (χ0v) is 6.59. The molecule has 0 aromatic rings. The van der Waals surface area contributed by atoms with E-state index in [0.29, 0.717) is 6.04 Å². The summed E-state index contributed by atoms with van der Waals surface area (Å²) in [5.74, 6) is 0. The van der Waals surface area contributed by atoms with E-state index in [-0.39, 0.29) is 0 Å². The Balaban J connectivity index is 2.66. The normalized spacial score (nSPS) is 32.6. The second-order valence-electron chi connectivity index (χ2n) is 3.46. The van der Waals surface area contributed by atoms with E-state index in [2.05, 4.69) is 33.2 Å². The number of hydrogen-bond donors (Lipinski definition) is 0. The highest BCUT2D eigenvalue weighted by Crippen LogP contribution is 2.13. The third-order valence-electron chi connectivity index (χ3n) is 2.39. The lowest BCUT2D eigenvalue weighted by Gasteiger charge is -2.36. The first-order valence-electron chi connectivity index (χ1n) is 3.62. The van der Waals surface area contributed by atoms with Crippen molar-refractivity contribution in [1.82, 2.24) is 0 Å². The average molecular weight is 126 g/mol. The summed E-state index contributed by atoms with van der Waals surface area (Å²) in [5.41, 5.74) is 0. The molecule has 0 aromatic carbocycles. The highest BCUT2D eigenvalue weighted by atomic mass is 15.3. The van der Waals surface area contributed by atoms with Crippen LogP contribution in [0, 0.1) is 0 Å². The molecule has 0 aliphatic carbocycles. The van der Waals surface area contributed by atoms with Gasteiger partial charge in [-0.05, 0) is 13.0 Å². The molecule has 52 valence electrons. The molecule has 1 atom stereocenters. The van der Waals surface area contributed by atoms with Gasteiger partial charge in [-0.1, -0.05) is 6.08 Å². The van der Waals surface area contributed by atoms with Crippen LogP contribution in [0.4, 0.5) is 0 Å². The second kappa shape index (κ2) is 2.14. The number of hydrogen-bond acceptors (Lipinski definition) is 0. The van der Waals surface area contributed by atoms with Crippen molar-refractivity contribution in [1.29, 1.82) is 0 Å². The molecule has 1 nitrogen and oxygen atoms in total. The van der Waals surface area contributed by atoms with E-state index in [9.17, 15) is 0 Å². The highest BCUT2D eigenvalue weighted by molar-refractivity contribution is 4.90. The van der Waals surface area contributed by atoms with Gasteiger partial charge in [0.05, 0.1) is 20.6 Å². The smallest absolute Gasteiger partial charge is 0.104 e. The van der Waals surface area contributed by atoms with Crippen LogP contribution in [-0.4, -0.2) is 31.2 Å². The van der Waals surface area contributed by atoms with E-state index in [0.717, 1.165) is 4.48 Å². The van der Waals surface area contributed by atoms with E-state index in [4.69, 9.17) is 0 Å². The monoisotopic (exact) mass is 126 g/mol. The molecular formula is C8H16N+. The summed E-state index contributed by atoms with van der Waals surface area (Å²) >= 11 is 0. The van der Waals surface area contributed by atoms with E-state index in [1.165, 1.54) is 13.0 Å². The summed E-state index contributed by atoms with van der Waals surface area (Å²) in [5, 5.41) is 0. The average Bonchev–Trinajstić information content (AvgIpc) is 1.77. The van der Waals surface area contributed by atoms with Crippen molar-refractivity contribution in [3.05, 3.63) is 12.2 Å². The Morgan fingerprint density at radius 2 is 2.11 bits per heavy atom. The van der Waals surface area contributed by atoms with Gasteiger partial charge < -0.3 is 4.48 Å². The van der Waals surface area contributed by atoms with Crippen molar-refractivity contribution in [2.45, 2.75) is 19.4 Å². The molecule has 1 heteroatoms. The Bertz CT molecular complexity index is 125. The lowest BCUT2D eigenvalue weighted by atomic mass is 10.1. The quantitative estimate of drug-likeness (QED) is 0.340. The topological polar surface area (TPSA) is 0 Å². The van der Waals surface area contributed by atoms with Crippen LogP contribution >= 0.6 is 0 Å². The maximum atomic E-state index is 2.31. The highest BCUT2D eigenvalue weighted by Gasteiger charge is 2.22. The van der Waals surface area contributed by atoms with Crippen LogP contribution in [0.5, 0.6) is 0 Å². The number of nitrogens with zero attached hydrogens (tertiary/aromatic N) is 1. The van der Waals surface area contributed by atoms with Gasteiger partial charge in [0, 0.05) is 6.42 Å². The summed E-state index contributed by atoms with van der Waals surface area (Å²) in [4.78, 5) is 0. The molecule has 0 bridgehead atoms. The Kier molecular flexibility index (Phi) is 1.62. The van der Waals surface area contributed by atoms with E-state index >= 15 is 0 Å². The Morgan fingerprint density at radius 1 is 1.44 bits per heavy atom. The SMILES string of the molecule is CC1C=CCC[N+]1(C)C. The fourth-order valence-corrected chi connectivity index (χ4v) is 1.14. The van der Waals surface area contributed by atoms with Crippen molar-refractivity contribution in [2.75, 3.05) is 20.6 Å². The molecule has 0 spiro atoms. The summed E-state index contributed by atoms with van der Waals surface area (Å²) in [6.07, 6.45) is 5.84. The molecule has 1 aliphatic rings. The first-order chi connectivity index (χ1) is 4.13. The van der Waals surface area contributed by atoms with Crippen molar-refractivity contribution in [3.8, 4) is 0 Å². The summed E-state index contributed by atoms with van der Waals surface area (Å²) < 4.78 is 1.15. The van der Waals surface area contributed by atoms with Gasteiger partial charge in [0.2, 0.25) is 0 Å². The summed E-state index contributed by atoms with van der Waals surface area (Å²) in [6.45, 7) is 3.56. The number of likely N-dealkylation sites (N-methyl/N-ethyl adjacent to an activating group) is 1. The molecule has 1 unspecified atom stereocenters. The predicted octanol–water partition coefficient (Wildman–Crippen LogP) is 1.41. The van der Waals surface area contributed by atoms with Crippen molar-refractivity contribution in [2.24, 2.45) is 0 Å². The molecule has 1 aliphatic heterocycles. The van der Waals surface area contributed by atoms with Gasteiger partial charge in [0.1, 0.15) is 6.04 Å². The third kappa shape index (κ3) is 1.33. The van der Waals surface area contributed by atoms with Crippen LogP contribution in [0.3, 0.4) is 0 Å². The van der Waals surface area contributed by atoms with Crippen LogP contribution in [0.2, 0.25) is 0 Å². The van der Waals surface area contributed by atoms with Gasteiger partial charge in [-0.25, -0.2) is 0 Å². The fourth-order valence-electron chi connectivity index (χ4n) is 1.14. The van der Waals surface area contributed by atoms with E-state index in [1.54, 1.807) is 0 Å². The van der Waals surface area contributed by atoms with Gasteiger partial charge in [0.15, 0.2) is 0 Å². The van der Waals surface area contributed by atoms with Crippen molar-refractivity contribution < 1.29 is 4.48 Å². The van der Waals surface area contributed by atoms with Crippen LogP contribution in [-0.2, 0) is 0 Å². The predicted molar refractivity (Wildman–Crippen MR) is 40.2 cm³/mol. The molecule has 0 saturated carbocycles. The Labute approximate surface area is 57.6 Å². The van der Waals surface area contributed by atoms with Crippen molar-refractivity contribution in [3.63, 3.8) is 0 Å². The lowest BCUT2D eigenvalue weighted by Crippen LogP contribution is -2.48. The van der Waals surface area contributed by atoms with Crippen LogP contribution in [0.25, 0.3) is 0 Å². The molecule has 0 fully saturated rings. The maximum absolute atomic E-state index is 2.31. The molecule has 1 rings (SSSR count). The van der Waals surface area contributed by atoms with Gasteiger partial charge in [-0.2, -0.15) is 0 Å². The standard InChI is InChI=1S/C8H16N/c1-8-6-4-5-7-9(8,2)3/h4,6,8H,5,7H2,1-3H3/q+1. The van der Waals surface area contributed by atoms with Gasteiger partial charge in [0.25, 0.3) is 0 Å². The lowest BCUT2D eigenvalue weighted by molar-refractivity contribution is -0.907. The molecule has 0 amide bonds.